The van der Waals surface area contributed by atoms with Crippen molar-refractivity contribution in [2.45, 2.75) is 24.9 Å². The molecule has 0 aromatic carbocycles. The van der Waals surface area contributed by atoms with Crippen molar-refractivity contribution in [3.8, 4) is 0 Å². The van der Waals surface area contributed by atoms with E-state index < -0.39 is 17.2 Å². The predicted molar refractivity (Wildman–Crippen MR) is 58.8 cm³/mol. The van der Waals surface area contributed by atoms with Gasteiger partial charge in [-0.1, -0.05) is 0 Å². The van der Waals surface area contributed by atoms with Crippen molar-refractivity contribution < 1.29 is 24.2 Å². The summed E-state index contributed by atoms with van der Waals surface area (Å²) in [5.41, 5.74) is 0.124. The number of aromatic carboxylic acids is 1. The minimum atomic E-state index is -1.04. The van der Waals surface area contributed by atoms with E-state index in [2.05, 4.69) is 0 Å². The zero-order valence-corrected chi connectivity index (χ0v) is 9.71. The van der Waals surface area contributed by atoms with Crippen LogP contribution in [-0.2, 0) is 10.5 Å². The molecule has 1 aromatic rings. The number of carboxylic acid groups (broad SMARTS) is 2. The molecule has 88 valence electrons. The molecule has 0 amide bonds. The fourth-order valence-electron chi connectivity index (χ4n) is 1.11. The third kappa shape index (κ3) is 3.03. The Kier molecular flexibility index (Phi) is 4.00. The van der Waals surface area contributed by atoms with E-state index in [0.29, 0.717) is 17.3 Å². The molecule has 5 nitrogen and oxygen atoms in total. The highest BCUT2D eigenvalue weighted by atomic mass is 32.2. The van der Waals surface area contributed by atoms with Gasteiger partial charge in [0.25, 0.3) is 0 Å². The lowest BCUT2D eigenvalue weighted by molar-refractivity contribution is -0.136. The number of furan rings is 1. The summed E-state index contributed by atoms with van der Waals surface area (Å²) in [6, 6.07) is 1.43. The van der Waals surface area contributed by atoms with Crippen molar-refractivity contribution in [3.63, 3.8) is 0 Å². The first-order chi connectivity index (χ1) is 7.41. The maximum atomic E-state index is 10.7. The molecule has 0 spiro atoms. The summed E-state index contributed by atoms with van der Waals surface area (Å²) in [5, 5.41) is 16.9. The summed E-state index contributed by atoms with van der Waals surface area (Å²) in [5.74, 6) is -0.767. The highest BCUT2D eigenvalue weighted by molar-refractivity contribution is 7.99. The van der Waals surface area contributed by atoms with Gasteiger partial charge in [0.05, 0.1) is 11.0 Å². The topological polar surface area (TPSA) is 87.7 Å². The molecule has 0 aliphatic carbocycles. The number of aliphatic carboxylic acids is 1. The van der Waals surface area contributed by atoms with Crippen molar-refractivity contribution in [2.24, 2.45) is 0 Å². The van der Waals surface area contributed by atoms with E-state index in [1.807, 2.05) is 0 Å². The molecule has 16 heavy (non-hydrogen) atoms. The van der Waals surface area contributed by atoms with E-state index in [1.165, 1.54) is 17.8 Å². The molecule has 1 aromatic heterocycles. The number of thioether (sulfide) groups is 1. The largest absolute Gasteiger partial charge is 0.480 e. The lowest BCUT2D eigenvalue weighted by Gasteiger charge is -2.02. The van der Waals surface area contributed by atoms with Crippen LogP contribution in [0.25, 0.3) is 0 Å². The highest BCUT2D eigenvalue weighted by Crippen LogP contribution is 2.22. The zero-order valence-electron chi connectivity index (χ0n) is 8.89. The molecule has 1 atom stereocenters. The molecule has 0 saturated heterocycles. The number of aryl methyl sites for hydroxylation is 1. The highest BCUT2D eigenvalue weighted by Gasteiger charge is 2.16. The van der Waals surface area contributed by atoms with Crippen molar-refractivity contribution in [1.29, 1.82) is 0 Å². The molecule has 1 unspecified atom stereocenters. The minimum Gasteiger partial charge on any atom is -0.480 e. The van der Waals surface area contributed by atoms with Gasteiger partial charge >= 0.3 is 11.9 Å². The molecule has 0 saturated carbocycles. The average Bonchev–Trinajstić information content (AvgIpc) is 2.56. The fourth-order valence-corrected chi connectivity index (χ4v) is 1.80. The summed E-state index contributed by atoms with van der Waals surface area (Å²) in [7, 11) is 0. The Bertz CT molecular complexity index is 409. The van der Waals surface area contributed by atoms with Gasteiger partial charge in [-0.25, -0.2) is 4.79 Å². The molecule has 6 heteroatoms. The second-order valence-corrected chi connectivity index (χ2v) is 4.61. The molecule has 1 heterocycles. The average molecular weight is 244 g/mol. The Morgan fingerprint density at radius 3 is 2.56 bits per heavy atom. The van der Waals surface area contributed by atoms with Crippen LogP contribution in [-0.4, -0.2) is 27.4 Å². The van der Waals surface area contributed by atoms with E-state index in [4.69, 9.17) is 14.6 Å². The summed E-state index contributed by atoms with van der Waals surface area (Å²) < 4.78 is 5.21. The first-order valence-electron chi connectivity index (χ1n) is 4.59. The van der Waals surface area contributed by atoms with Crippen molar-refractivity contribution in [2.75, 3.05) is 0 Å². The maximum Gasteiger partial charge on any atom is 0.339 e. The van der Waals surface area contributed by atoms with E-state index in [-0.39, 0.29) is 5.56 Å². The molecule has 0 fully saturated rings. The van der Waals surface area contributed by atoms with Gasteiger partial charge in [-0.15, -0.1) is 11.8 Å². The lowest BCUT2D eigenvalue weighted by atomic mass is 10.2. The van der Waals surface area contributed by atoms with Crippen LogP contribution in [0.1, 0.15) is 28.8 Å². The molecule has 2 N–H and O–H groups in total. The third-order valence-corrected chi connectivity index (χ3v) is 3.18. The first-order valence-corrected chi connectivity index (χ1v) is 5.63. The van der Waals surface area contributed by atoms with Gasteiger partial charge in [-0.2, -0.15) is 0 Å². The summed E-state index contributed by atoms with van der Waals surface area (Å²) in [6.45, 7) is 3.14. The van der Waals surface area contributed by atoms with E-state index in [0.717, 1.165) is 0 Å². The monoisotopic (exact) mass is 244 g/mol. The van der Waals surface area contributed by atoms with Crippen LogP contribution < -0.4 is 0 Å². The lowest BCUT2D eigenvalue weighted by Crippen LogP contribution is -2.11. The van der Waals surface area contributed by atoms with Gasteiger partial charge in [0.15, 0.2) is 0 Å². The van der Waals surface area contributed by atoms with Gasteiger partial charge < -0.3 is 14.6 Å². The van der Waals surface area contributed by atoms with Crippen molar-refractivity contribution in [3.05, 3.63) is 23.2 Å². The van der Waals surface area contributed by atoms with Crippen LogP contribution in [0.5, 0.6) is 0 Å². The number of rotatable bonds is 5. The normalized spacial score (nSPS) is 12.4. The Morgan fingerprint density at radius 1 is 1.50 bits per heavy atom. The van der Waals surface area contributed by atoms with Gasteiger partial charge in [0, 0.05) is 0 Å². The van der Waals surface area contributed by atoms with Crippen LogP contribution in [0.15, 0.2) is 10.5 Å². The van der Waals surface area contributed by atoms with Crippen LogP contribution >= 0.6 is 11.8 Å². The fraction of sp³-hybridized carbons (Fsp3) is 0.400. The van der Waals surface area contributed by atoms with Crippen LogP contribution in [0.3, 0.4) is 0 Å². The molecule has 0 bridgehead atoms. The van der Waals surface area contributed by atoms with Crippen molar-refractivity contribution in [1.82, 2.24) is 0 Å². The number of carboxylic acids is 2. The van der Waals surface area contributed by atoms with Crippen LogP contribution in [0, 0.1) is 6.92 Å². The summed E-state index contributed by atoms with van der Waals surface area (Å²) in [6.07, 6.45) is 0. The van der Waals surface area contributed by atoms with Crippen LogP contribution in [0.4, 0.5) is 0 Å². The van der Waals surface area contributed by atoms with Gasteiger partial charge in [0.1, 0.15) is 17.1 Å². The second kappa shape index (κ2) is 5.07. The van der Waals surface area contributed by atoms with Gasteiger partial charge in [-0.3, -0.25) is 4.79 Å². The predicted octanol–water partition coefficient (Wildman–Crippen LogP) is 1.99. The van der Waals surface area contributed by atoms with E-state index in [9.17, 15) is 9.59 Å². The molecule has 0 aliphatic heterocycles. The Hall–Kier alpha value is -1.43. The number of hydrogen-bond donors (Lipinski definition) is 2. The summed E-state index contributed by atoms with van der Waals surface area (Å²) >= 11 is 1.19. The standard InChI is InChI=1S/C10H12O5S/c1-5-8(10(13)14)3-7(15-5)4-16-6(2)9(11)12/h3,6H,4H2,1-2H3,(H,11,12)(H,13,14). The maximum absolute atomic E-state index is 10.7. The second-order valence-electron chi connectivity index (χ2n) is 3.28. The number of hydrogen-bond acceptors (Lipinski definition) is 4. The SMILES string of the molecule is Cc1oc(CSC(C)C(=O)O)cc1C(=O)O. The van der Waals surface area contributed by atoms with Crippen LogP contribution in [0.2, 0.25) is 0 Å². The summed E-state index contributed by atoms with van der Waals surface area (Å²) in [4.78, 5) is 21.3. The first kappa shape index (κ1) is 12.6. The Balaban J connectivity index is 2.65. The Labute approximate surface area is 96.5 Å². The van der Waals surface area contributed by atoms with Gasteiger partial charge in [0.2, 0.25) is 0 Å². The quantitative estimate of drug-likeness (QED) is 0.823. The smallest absolute Gasteiger partial charge is 0.339 e. The molecule has 0 radical (unpaired) electrons. The molecular weight excluding hydrogens is 232 g/mol. The molecule has 0 aliphatic rings. The minimum absolute atomic E-state index is 0.124. The molecular formula is C10H12O5S. The van der Waals surface area contributed by atoms with Gasteiger partial charge in [-0.05, 0) is 19.9 Å². The number of carbonyl (C=O) groups is 2. The zero-order chi connectivity index (χ0) is 12.3. The van der Waals surface area contributed by atoms with E-state index in [1.54, 1.807) is 13.8 Å². The Morgan fingerprint density at radius 2 is 2.12 bits per heavy atom. The van der Waals surface area contributed by atoms with Crippen molar-refractivity contribution >= 4 is 23.7 Å². The van der Waals surface area contributed by atoms with E-state index >= 15 is 0 Å². The third-order valence-electron chi connectivity index (χ3n) is 2.02. The molecule has 1 rings (SSSR count).